The van der Waals surface area contributed by atoms with E-state index in [2.05, 4.69) is 34.4 Å². The molecule has 184 valence electrons. The molecule has 8 nitrogen and oxygen atoms in total. The molecule has 0 amide bonds. The van der Waals surface area contributed by atoms with Crippen molar-refractivity contribution in [2.24, 2.45) is 5.41 Å². The highest BCUT2D eigenvalue weighted by atomic mass is 32.2. The summed E-state index contributed by atoms with van der Waals surface area (Å²) in [7, 11) is -1.13. The largest absolute Gasteiger partial charge is 0.368 e. The van der Waals surface area contributed by atoms with Crippen molar-refractivity contribution in [2.45, 2.75) is 19.5 Å². The van der Waals surface area contributed by atoms with Crippen molar-refractivity contribution in [1.82, 2.24) is 19.2 Å². The first-order chi connectivity index (χ1) is 16.6. The van der Waals surface area contributed by atoms with Crippen LogP contribution in [0, 0.1) is 5.41 Å². The molecule has 0 unspecified atom stereocenters. The van der Waals surface area contributed by atoms with Gasteiger partial charge in [-0.3, -0.25) is 4.90 Å². The second-order valence-electron chi connectivity index (χ2n) is 10.1. The molecule has 0 atom stereocenters. The Balaban J connectivity index is 1.29. The van der Waals surface area contributed by atoms with E-state index < -0.39 is 16.4 Å². The molecular formula is C24H26F2N6O2S. The Bertz CT molecular complexity index is 1430. The standard InChI is InChI=1S/C24H26F2N6O2S/c1-30-9-15-3-4-19(6-18(15)10-30)28-23-27-8-17-5-16(22(25)26)7-20(21(17)29-23)31-11-24(12-31)13-32(14-24)35(2,33)34/h3-8,22H,9-14H2,1-2H3,(H,27,28,29). The molecule has 2 fully saturated rings. The van der Waals surface area contributed by atoms with Crippen LogP contribution in [0.15, 0.2) is 36.5 Å². The number of halogens is 2. The van der Waals surface area contributed by atoms with Crippen LogP contribution in [0.5, 0.6) is 0 Å². The summed E-state index contributed by atoms with van der Waals surface area (Å²) in [5.74, 6) is 0.400. The second kappa shape index (κ2) is 7.81. The number of fused-ring (bicyclic) bond motifs is 2. The summed E-state index contributed by atoms with van der Waals surface area (Å²) in [6, 6.07) is 9.12. The Hall–Kier alpha value is -2.89. The zero-order valence-electron chi connectivity index (χ0n) is 19.5. The third-order valence-corrected chi connectivity index (χ3v) is 8.36. The number of alkyl halides is 2. The van der Waals surface area contributed by atoms with Gasteiger partial charge >= 0.3 is 0 Å². The van der Waals surface area contributed by atoms with Crippen molar-refractivity contribution < 1.29 is 17.2 Å². The van der Waals surface area contributed by atoms with Crippen LogP contribution in [0.4, 0.5) is 26.1 Å². The molecule has 3 aromatic rings. The Labute approximate surface area is 202 Å². The molecule has 1 aromatic heterocycles. The van der Waals surface area contributed by atoms with Crippen LogP contribution in [0.2, 0.25) is 0 Å². The van der Waals surface area contributed by atoms with Crippen LogP contribution in [-0.2, 0) is 23.1 Å². The quantitative estimate of drug-likeness (QED) is 0.576. The molecule has 0 aliphatic carbocycles. The number of nitrogens with zero attached hydrogens (tertiary/aromatic N) is 5. The van der Waals surface area contributed by atoms with Crippen molar-refractivity contribution in [1.29, 1.82) is 0 Å². The number of hydrogen-bond acceptors (Lipinski definition) is 7. The van der Waals surface area contributed by atoms with E-state index >= 15 is 0 Å². The van der Waals surface area contributed by atoms with Gasteiger partial charge < -0.3 is 10.2 Å². The van der Waals surface area contributed by atoms with Crippen LogP contribution in [0.25, 0.3) is 10.9 Å². The summed E-state index contributed by atoms with van der Waals surface area (Å²) < 4.78 is 52.2. The van der Waals surface area contributed by atoms with Crippen molar-refractivity contribution in [3.63, 3.8) is 0 Å². The van der Waals surface area contributed by atoms with Gasteiger partial charge in [0.1, 0.15) is 0 Å². The van der Waals surface area contributed by atoms with Gasteiger partial charge in [-0.25, -0.2) is 31.5 Å². The summed E-state index contributed by atoms with van der Waals surface area (Å²) >= 11 is 0. The smallest absolute Gasteiger partial charge is 0.263 e. The van der Waals surface area contributed by atoms with Gasteiger partial charge in [0, 0.05) is 67.5 Å². The van der Waals surface area contributed by atoms with E-state index in [9.17, 15) is 17.2 Å². The molecule has 3 aliphatic heterocycles. The van der Waals surface area contributed by atoms with Crippen LogP contribution in [-0.4, -0.2) is 67.1 Å². The zero-order chi connectivity index (χ0) is 24.5. The number of nitrogens with one attached hydrogen (secondary N) is 1. The third kappa shape index (κ3) is 4.01. The number of aromatic nitrogens is 2. The van der Waals surface area contributed by atoms with E-state index in [0.29, 0.717) is 48.7 Å². The SMILES string of the molecule is CN1Cc2ccc(Nc3ncc4cc(C(F)F)cc(N5CC6(C5)CN(S(C)(=O)=O)C6)c4n3)cc2C1. The topological polar surface area (TPSA) is 81.7 Å². The van der Waals surface area contributed by atoms with Gasteiger partial charge in [0.25, 0.3) is 6.43 Å². The molecule has 3 aliphatic rings. The predicted molar refractivity (Wildman–Crippen MR) is 130 cm³/mol. The summed E-state index contributed by atoms with van der Waals surface area (Å²) in [4.78, 5) is 13.3. The first-order valence-corrected chi connectivity index (χ1v) is 13.3. The third-order valence-electron chi connectivity index (χ3n) is 7.17. The van der Waals surface area contributed by atoms with Crippen molar-refractivity contribution in [3.8, 4) is 0 Å². The molecule has 6 rings (SSSR count). The number of benzene rings is 2. The van der Waals surface area contributed by atoms with Crippen LogP contribution < -0.4 is 10.2 Å². The lowest BCUT2D eigenvalue weighted by molar-refractivity contribution is 0.0402. The van der Waals surface area contributed by atoms with Gasteiger partial charge in [0.2, 0.25) is 16.0 Å². The zero-order valence-corrected chi connectivity index (χ0v) is 20.3. The Kier molecular flexibility index (Phi) is 5.03. The molecule has 2 saturated heterocycles. The fraction of sp³-hybridized carbons (Fsp3) is 0.417. The lowest BCUT2D eigenvalue weighted by atomic mass is 9.74. The minimum Gasteiger partial charge on any atom is -0.368 e. The highest BCUT2D eigenvalue weighted by Gasteiger charge is 2.54. The van der Waals surface area contributed by atoms with E-state index in [1.807, 2.05) is 11.0 Å². The minimum atomic E-state index is -3.21. The number of hydrogen-bond donors (Lipinski definition) is 1. The van der Waals surface area contributed by atoms with Crippen molar-refractivity contribution >= 4 is 38.2 Å². The van der Waals surface area contributed by atoms with E-state index in [-0.39, 0.29) is 11.0 Å². The molecule has 0 saturated carbocycles. The molecule has 0 bridgehead atoms. The molecular weight excluding hydrogens is 474 g/mol. The maximum absolute atomic E-state index is 13.6. The average Bonchev–Trinajstić information content (AvgIpc) is 3.10. The maximum Gasteiger partial charge on any atom is 0.263 e. The molecule has 0 radical (unpaired) electrons. The van der Waals surface area contributed by atoms with Gasteiger partial charge in [-0.2, -0.15) is 0 Å². The Morgan fingerprint density at radius 1 is 1.06 bits per heavy atom. The summed E-state index contributed by atoms with van der Waals surface area (Å²) in [6.45, 7) is 3.95. The van der Waals surface area contributed by atoms with Crippen molar-refractivity contribution in [2.75, 3.05) is 49.7 Å². The summed E-state index contributed by atoms with van der Waals surface area (Å²) in [5.41, 5.74) is 4.46. The van der Waals surface area contributed by atoms with E-state index in [1.54, 1.807) is 6.20 Å². The van der Waals surface area contributed by atoms with Gasteiger partial charge in [-0.1, -0.05) is 6.07 Å². The predicted octanol–water partition coefficient (Wildman–Crippen LogP) is 3.34. The monoisotopic (exact) mass is 500 g/mol. The van der Waals surface area contributed by atoms with Crippen LogP contribution in [0.1, 0.15) is 23.1 Å². The van der Waals surface area contributed by atoms with Crippen molar-refractivity contribution in [3.05, 3.63) is 53.2 Å². The second-order valence-corrected chi connectivity index (χ2v) is 12.1. The first kappa shape index (κ1) is 22.6. The lowest BCUT2D eigenvalue weighted by Gasteiger charge is -2.60. The average molecular weight is 501 g/mol. The van der Waals surface area contributed by atoms with Crippen LogP contribution in [0.3, 0.4) is 0 Å². The highest BCUT2D eigenvalue weighted by molar-refractivity contribution is 7.88. The molecule has 2 aromatic carbocycles. The minimum absolute atomic E-state index is 0.0770. The lowest BCUT2D eigenvalue weighted by Crippen LogP contribution is -2.72. The fourth-order valence-corrected chi connectivity index (χ4v) is 6.44. The summed E-state index contributed by atoms with van der Waals surface area (Å²) in [6.07, 6.45) is 0.173. The number of sulfonamides is 1. The molecule has 1 spiro atoms. The number of anilines is 3. The highest BCUT2D eigenvalue weighted by Crippen LogP contribution is 2.45. The fourth-order valence-electron chi connectivity index (χ4n) is 5.42. The van der Waals surface area contributed by atoms with Crippen LogP contribution >= 0.6 is 0 Å². The normalized spacial score (nSPS) is 19.7. The Morgan fingerprint density at radius 2 is 1.80 bits per heavy atom. The molecule has 11 heteroatoms. The van der Waals surface area contributed by atoms with E-state index in [4.69, 9.17) is 4.98 Å². The summed E-state index contributed by atoms with van der Waals surface area (Å²) in [5, 5.41) is 3.81. The molecule has 35 heavy (non-hydrogen) atoms. The van der Waals surface area contributed by atoms with Gasteiger partial charge in [0.15, 0.2) is 0 Å². The molecule has 1 N–H and O–H groups in total. The van der Waals surface area contributed by atoms with Gasteiger partial charge in [0.05, 0.1) is 17.5 Å². The number of rotatable bonds is 5. The van der Waals surface area contributed by atoms with E-state index in [0.717, 1.165) is 18.8 Å². The Morgan fingerprint density at radius 3 is 2.51 bits per heavy atom. The van der Waals surface area contributed by atoms with Gasteiger partial charge in [-0.05, 0) is 42.4 Å². The van der Waals surface area contributed by atoms with E-state index in [1.165, 1.54) is 33.8 Å². The van der Waals surface area contributed by atoms with Gasteiger partial charge in [-0.15, -0.1) is 0 Å². The first-order valence-electron chi connectivity index (χ1n) is 11.4. The maximum atomic E-state index is 13.6. The molecule has 4 heterocycles.